The average Bonchev–Trinajstić information content (AvgIpc) is 3.04. The SMILES string of the molecule is Cc1ccc(Cn2nc(C)c(/C=C/C(=O)OCc3cc(=O)n4ccc(C)cc4n3)c2C)cc1. The first kappa shape index (κ1) is 22.2. The summed E-state index contributed by atoms with van der Waals surface area (Å²) in [7, 11) is 0. The molecule has 33 heavy (non-hydrogen) atoms. The van der Waals surface area contributed by atoms with E-state index in [2.05, 4.69) is 41.3 Å². The van der Waals surface area contributed by atoms with Crippen LogP contribution in [0.4, 0.5) is 0 Å². The molecule has 0 radical (unpaired) electrons. The fraction of sp³-hybridized carbons (Fsp3) is 0.231. The minimum atomic E-state index is -0.508. The summed E-state index contributed by atoms with van der Waals surface area (Å²) in [5.41, 5.74) is 6.78. The summed E-state index contributed by atoms with van der Waals surface area (Å²) in [6.07, 6.45) is 4.78. The molecule has 0 N–H and O–H groups in total. The lowest BCUT2D eigenvalue weighted by Crippen LogP contribution is -2.16. The quantitative estimate of drug-likeness (QED) is 0.334. The van der Waals surface area contributed by atoms with E-state index < -0.39 is 5.97 Å². The third-order valence-corrected chi connectivity index (χ3v) is 5.51. The number of fused-ring (bicyclic) bond motifs is 1. The van der Waals surface area contributed by atoms with Gasteiger partial charge in [0.05, 0.1) is 17.9 Å². The molecule has 0 aliphatic heterocycles. The van der Waals surface area contributed by atoms with Crippen LogP contribution >= 0.6 is 0 Å². The van der Waals surface area contributed by atoms with Crippen LogP contribution in [0.15, 0.2) is 59.5 Å². The van der Waals surface area contributed by atoms with Crippen LogP contribution in [-0.4, -0.2) is 25.1 Å². The predicted molar refractivity (Wildman–Crippen MR) is 127 cm³/mol. The van der Waals surface area contributed by atoms with Crippen molar-refractivity contribution in [1.82, 2.24) is 19.2 Å². The minimum Gasteiger partial charge on any atom is -0.456 e. The molecular weight excluding hydrogens is 416 g/mol. The number of aryl methyl sites for hydroxylation is 3. The summed E-state index contributed by atoms with van der Waals surface area (Å²) in [5, 5.41) is 4.61. The van der Waals surface area contributed by atoms with Gasteiger partial charge in [-0.15, -0.1) is 0 Å². The van der Waals surface area contributed by atoms with E-state index in [0.717, 1.165) is 28.1 Å². The molecule has 7 heteroatoms. The number of nitrogens with zero attached hydrogens (tertiary/aromatic N) is 4. The van der Waals surface area contributed by atoms with Gasteiger partial charge < -0.3 is 4.74 Å². The van der Waals surface area contributed by atoms with Gasteiger partial charge in [0.1, 0.15) is 12.3 Å². The summed E-state index contributed by atoms with van der Waals surface area (Å²) in [4.78, 5) is 29.0. The molecule has 4 rings (SSSR count). The Bertz CT molecular complexity index is 1410. The molecule has 0 atom stereocenters. The molecule has 0 aliphatic rings. The Morgan fingerprint density at radius 1 is 1.03 bits per heavy atom. The Labute approximate surface area is 192 Å². The largest absolute Gasteiger partial charge is 0.456 e. The molecule has 0 amide bonds. The zero-order valence-electron chi connectivity index (χ0n) is 19.2. The molecule has 3 aromatic heterocycles. The van der Waals surface area contributed by atoms with E-state index in [1.165, 1.54) is 22.1 Å². The minimum absolute atomic E-state index is 0.0759. The maximum absolute atomic E-state index is 12.3. The molecule has 168 valence electrons. The number of carbonyl (C=O) groups is 1. The third kappa shape index (κ3) is 5.09. The van der Waals surface area contributed by atoms with Gasteiger partial charge in [-0.25, -0.2) is 9.78 Å². The highest BCUT2D eigenvalue weighted by molar-refractivity contribution is 5.87. The zero-order chi connectivity index (χ0) is 23.5. The van der Waals surface area contributed by atoms with Crippen LogP contribution < -0.4 is 5.56 Å². The number of pyridine rings is 1. The topological polar surface area (TPSA) is 78.5 Å². The Kier molecular flexibility index (Phi) is 6.22. The van der Waals surface area contributed by atoms with E-state index in [1.807, 2.05) is 37.6 Å². The third-order valence-electron chi connectivity index (χ3n) is 5.51. The van der Waals surface area contributed by atoms with Crippen LogP contribution in [-0.2, 0) is 22.7 Å². The van der Waals surface area contributed by atoms with Crippen molar-refractivity contribution < 1.29 is 9.53 Å². The average molecular weight is 443 g/mol. The molecule has 0 saturated carbocycles. The second-order valence-electron chi connectivity index (χ2n) is 8.19. The molecule has 0 aliphatic carbocycles. The number of hydrogen-bond acceptors (Lipinski definition) is 5. The van der Waals surface area contributed by atoms with E-state index in [9.17, 15) is 9.59 Å². The van der Waals surface area contributed by atoms with Crippen LogP contribution in [0.3, 0.4) is 0 Å². The molecule has 0 bridgehead atoms. The fourth-order valence-electron chi connectivity index (χ4n) is 3.64. The molecule has 1 aromatic carbocycles. The predicted octanol–water partition coefficient (Wildman–Crippen LogP) is 3.93. The zero-order valence-corrected chi connectivity index (χ0v) is 19.2. The number of rotatable bonds is 6. The van der Waals surface area contributed by atoms with Crippen molar-refractivity contribution in [2.45, 2.75) is 40.8 Å². The van der Waals surface area contributed by atoms with Crippen molar-refractivity contribution >= 4 is 17.7 Å². The second kappa shape index (κ2) is 9.24. The van der Waals surface area contributed by atoms with E-state index in [0.29, 0.717) is 17.9 Å². The molecule has 0 saturated heterocycles. The van der Waals surface area contributed by atoms with Crippen molar-refractivity contribution in [3.63, 3.8) is 0 Å². The second-order valence-corrected chi connectivity index (χ2v) is 8.19. The van der Waals surface area contributed by atoms with Crippen LogP contribution in [0, 0.1) is 27.7 Å². The number of ether oxygens (including phenoxy) is 1. The van der Waals surface area contributed by atoms with Crippen molar-refractivity contribution in [3.8, 4) is 0 Å². The molecule has 3 heterocycles. The number of hydrogen-bond donors (Lipinski definition) is 0. The van der Waals surface area contributed by atoms with Crippen LogP contribution in [0.5, 0.6) is 0 Å². The normalized spacial score (nSPS) is 11.4. The number of esters is 1. The maximum atomic E-state index is 12.3. The van der Waals surface area contributed by atoms with Gasteiger partial charge in [0.2, 0.25) is 0 Å². The van der Waals surface area contributed by atoms with Crippen molar-refractivity contribution in [2.24, 2.45) is 0 Å². The highest BCUT2D eigenvalue weighted by atomic mass is 16.5. The Morgan fingerprint density at radius 3 is 2.55 bits per heavy atom. The molecular formula is C26H26N4O3. The van der Waals surface area contributed by atoms with Crippen LogP contribution in [0.25, 0.3) is 11.7 Å². The van der Waals surface area contributed by atoms with Crippen molar-refractivity contribution in [1.29, 1.82) is 0 Å². The van der Waals surface area contributed by atoms with Crippen molar-refractivity contribution in [2.75, 3.05) is 0 Å². The lowest BCUT2D eigenvalue weighted by molar-refractivity contribution is -0.139. The fourth-order valence-corrected chi connectivity index (χ4v) is 3.64. The van der Waals surface area contributed by atoms with Gasteiger partial charge in [0, 0.05) is 29.6 Å². The molecule has 0 unspecified atom stereocenters. The summed E-state index contributed by atoms with van der Waals surface area (Å²) >= 11 is 0. The van der Waals surface area contributed by atoms with E-state index in [4.69, 9.17) is 4.74 Å². The number of carbonyl (C=O) groups excluding carboxylic acids is 1. The molecule has 0 spiro atoms. The highest BCUT2D eigenvalue weighted by Gasteiger charge is 2.11. The van der Waals surface area contributed by atoms with Gasteiger partial charge in [0.25, 0.3) is 5.56 Å². The van der Waals surface area contributed by atoms with Crippen LogP contribution in [0.1, 0.15) is 39.3 Å². The standard InChI is InChI=1S/C26H26N4O3/c1-17-5-7-21(8-6-17)15-30-20(4)23(19(3)28-30)9-10-26(32)33-16-22-14-25(31)29-12-11-18(2)13-24(29)27-22/h5-14H,15-16H2,1-4H3/b10-9+. The lowest BCUT2D eigenvalue weighted by Gasteiger charge is -2.06. The summed E-state index contributed by atoms with van der Waals surface area (Å²) in [6, 6.07) is 13.4. The highest BCUT2D eigenvalue weighted by Crippen LogP contribution is 2.17. The molecule has 4 aromatic rings. The summed E-state index contributed by atoms with van der Waals surface area (Å²) in [6.45, 7) is 8.47. The van der Waals surface area contributed by atoms with Crippen molar-refractivity contribution in [3.05, 3.63) is 104 Å². The first-order valence-corrected chi connectivity index (χ1v) is 10.7. The van der Waals surface area contributed by atoms with Gasteiger partial charge in [-0.05, 0) is 57.0 Å². The Morgan fingerprint density at radius 2 is 1.79 bits per heavy atom. The maximum Gasteiger partial charge on any atom is 0.331 e. The van der Waals surface area contributed by atoms with E-state index >= 15 is 0 Å². The summed E-state index contributed by atoms with van der Waals surface area (Å²) < 4.78 is 8.70. The van der Waals surface area contributed by atoms with Gasteiger partial charge in [0.15, 0.2) is 0 Å². The smallest absolute Gasteiger partial charge is 0.331 e. The van der Waals surface area contributed by atoms with E-state index in [1.54, 1.807) is 12.3 Å². The van der Waals surface area contributed by atoms with Gasteiger partial charge in [-0.1, -0.05) is 29.8 Å². The number of benzene rings is 1. The van der Waals surface area contributed by atoms with E-state index in [-0.39, 0.29) is 12.2 Å². The molecule has 0 fully saturated rings. The first-order chi connectivity index (χ1) is 15.8. The van der Waals surface area contributed by atoms with Gasteiger partial charge in [-0.2, -0.15) is 5.10 Å². The Hall–Kier alpha value is -4.00. The van der Waals surface area contributed by atoms with Gasteiger partial charge in [-0.3, -0.25) is 13.9 Å². The molecule has 7 nitrogen and oxygen atoms in total. The number of aromatic nitrogens is 4. The Balaban J connectivity index is 1.43. The monoisotopic (exact) mass is 442 g/mol. The first-order valence-electron chi connectivity index (χ1n) is 10.7. The lowest BCUT2D eigenvalue weighted by atomic mass is 10.1. The summed E-state index contributed by atoms with van der Waals surface area (Å²) in [5.74, 6) is -0.508. The van der Waals surface area contributed by atoms with Crippen LogP contribution in [0.2, 0.25) is 0 Å². The van der Waals surface area contributed by atoms with Gasteiger partial charge >= 0.3 is 5.97 Å².